The van der Waals surface area contributed by atoms with E-state index >= 15 is 0 Å². The summed E-state index contributed by atoms with van der Waals surface area (Å²) in [5, 5.41) is 0.466. The Morgan fingerprint density at radius 2 is 1.95 bits per heavy atom. The number of benzene rings is 1. The van der Waals surface area contributed by atoms with Crippen LogP contribution in [0.2, 0.25) is 5.02 Å². The van der Waals surface area contributed by atoms with Gasteiger partial charge in [0.2, 0.25) is 15.9 Å². The average molecular weight is 345 g/mol. The number of carbonyl (C=O) groups excluding carboxylic acids is 1. The van der Waals surface area contributed by atoms with Gasteiger partial charge >= 0.3 is 0 Å². The van der Waals surface area contributed by atoms with Crippen LogP contribution in [-0.4, -0.2) is 45.1 Å². The molecule has 1 saturated heterocycles. The van der Waals surface area contributed by atoms with Crippen LogP contribution in [0, 0.1) is 0 Å². The quantitative estimate of drug-likeness (QED) is 0.824. The number of carbonyl (C=O) groups is 1. The summed E-state index contributed by atoms with van der Waals surface area (Å²) in [5.74, 6) is 0.00961. The normalized spacial score (nSPS) is 15.6. The maximum absolute atomic E-state index is 12.2. The number of sulfonamides is 1. The van der Waals surface area contributed by atoms with Crippen LogP contribution in [-0.2, 0) is 14.8 Å². The van der Waals surface area contributed by atoms with E-state index in [0.29, 0.717) is 10.7 Å². The third kappa shape index (κ3) is 4.61. The Morgan fingerprint density at radius 3 is 2.55 bits per heavy atom. The van der Waals surface area contributed by atoms with Crippen molar-refractivity contribution in [1.82, 2.24) is 4.90 Å². The minimum atomic E-state index is -3.46. The predicted octanol–water partition coefficient (Wildman–Crippen LogP) is 2.51. The average Bonchev–Trinajstić information content (AvgIpc) is 2.47. The third-order valence-corrected chi connectivity index (χ3v) is 5.16. The Balaban J connectivity index is 2.06. The van der Waals surface area contributed by atoms with Crippen molar-refractivity contribution in [2.45, 2.75) is 25.7 Å². The van der Waals surface area contributed by atoms with Gasteiger partial charge in [0, 0.05) is 31.1 Å². The Hall–Kier alpha value is -1.27. The highest BCUT2D eigenvalue weighted by Crippen LogP contribution is 2.22. The molecule has 0 spiro atoms. The molecule has 1 aromatic rings. The fraction of sp³-hybridized carbons (Fsp3) is 0.533. The summed E-state index contributed by atoms with van der Waals surface area (Å²) >= 11 is 5.93. The summed E-state index contributed by atoms with van der Waals surface area (Å²) in [7, 11) is -3.46. The van der Waals surface area contributed by atoms with E-state index in [-0.39, 0.29) is 18.9 Å². The second kappa shape index (κ2) is 7.33. The summed E-state index contributed by atoms with van der Waals surface area (Å²) in [5.41, 5.74) is 0.487. The lowest BCUT2D eigenvalue weighted by Gasteiger charge is -2.28. The first-order valence-corrected chi connectivity index (χ1v) is 9.61. The molecule has 1 aromatic carbocycles. The molecule has 2 rings (SSSR count). The van der Waals surface area contributed by atoms with Crippen molar-refractivity contribution in [3.63, 3.8) is 0 Å². The zero-order chi connectivity index (χ0) is 16.2. The summed E-state index contributed by atoms with van der Waals surface area (Å²) in [6, 6.07) is 6.65. The summed E-state index contributed by atoms with van der Waals surface area (Å²) < 4.78 is 25.2. The molecule has 0 bridgehead atoms. The smallest absolute Gasteiger partial charge is 0.232 e. The minimum Gasteiger partial charge on any atom is -0.343 e. The van der Waals surface area contributed by atoms with Gasteiger partial charge in [-0.25, -0.2) is 8.42 Å². The van der Waals surface area contributed by atoms with Gasteiger partial charge in [0.25, 0.3) is 0 Å². The number of likely N-dealkylation sites (tertiary alicyclic amines) is 1. The molecule has 1 aliphatic rings. The Labute approximate surface area is 136 Å². The molecular weight excluding hydrogens is 324 g/mol. The number of hydrogen-bond donors (Lipinski definition) is 0. The SMILES string of the molecule is CS(=O)(=O)N(CCC(=O)N1CCCCC1)c1cccc(Cl)c1. The minimum absolute atomic E-state index is 0.00961. The first-order valence-electron chi connectivity index (χ1n) is 7.39. The van der Waals surface area contributed by atoms with Gasteiger partial charge in [0.15, 0.2) is 0 Å². The summed E-state index contributed by atoms with van der Waals surface area (Å²) in [6.45, 7) is 1.68. The van der Waals surface area contributed by atoms with Crippen LogP contribution in [0.4, 0.5) is 5.69 Å². The molecule has 0 radical (unpaired) electrons. The fourth-order valence-corrected chi connectivity index (χ4v) is 3.72. The number of anilines is 1. The molecule has 122 valence electrons. The number of halogens is 1. The van der Waals surface area contributed by atoms with Crippen molar-refractivity contribution >= 4 is 33.2 Å². The second-order valence-corrected chi connectivity index (χ2v) is 7.85. The van der Waals surface area contributed by atoms with E-state index in [9.17, 15) is 13.2 Å². The topological polar surface area (TPSA) is 57.7 Å². The van der Waals surface area contributed by atoms with Gasteiger partial charge in [-0.05, 0) is 37.5 Å². The molecule has 0 atom stereocenters. The molecule has 0 N–H and O–H groups in total. The van der Waals surface area contributed by atoms with Crippen molar-refractivity contribution in [1.29, 1.82) is 0 Å². The number of hydrogen-bond acceptors (Lipinski definition) is 3. The number of piperidine rings is 1. The van der Waals surface area contributed by atoms with Crippen LogP contribution in [0.25, 0.3) is 0 Å². The number of nitrogens with zero attached hydrogens (tertiary/aromatic N) is 2. The zero-order valence-electron chi connectivity index (χ0n) is 12.7. The van der Waals surface area contributed by atoms with Gasteiger partial charge in [-0.1, -0.05) is 17.7 Å². The molecule has 5 nitrogen and oxygen atoms in total. The van der Waals surface area contributed by atoms with Gasteiger partial charge in [0.1, 0.15) is 0 Å². The fourth-order valence-electron chi connectivity index (χ4n) is 2.62. The first-order chi connectivity index (χ1) is 10.4. The predicted molar refractivity (Wildman–Crippen MR) is 88.7 cm³/mol. The second-order valence-electron chi connectivity index (χ2n) is 5.51. The molecule has 0 unspecified atom stereocenters. The first kappa shape index (κ1) is 17.1. The number of rotatable bonds is 5. The van der Waals surface area contributed by atoms with E-state index < -0.39 is 10.0 Å². The monoisotopic (exact) mass is 344 g/mol. The molecule has 22 heavy (non-hydrogen) atoms. The van der Waals surface area contributed by atoms with Crippen molar-refractivity contribution in [3.8, 4) is 0 Å². The molecule has 1 heterocycles. The van der Waals surface area contributed by atoms with E-state index in [0.717, 1.165) is 38.6 Å². The summed E-state index contributed by atoms with van der Waals surface area (Å²) in [4.78, 5) is 14.0. The van der Waals surface area contributed by atoms with E-state index in [4.69, 9.17) is 11.6 Å². The van der Waals surface area contributed by atoms with Crippen LogP contribution in [0.3, 0.4) is 0 Å². The van der Waals surface area contributed by atoms with E-state index in [1.54, 1.807) is 24.3 Å². The maximum Gasteiger partial charge on any atom is 0.232 e. The van der Waals surface area contributed by atoms with Gasteiger partial charge in [-0.3, -0.25) is 9.10 Å². The molecule has 1 aliphatic heterocycles. The molecule has 1 amide bonds. The van der Waals surface area contributed by atoms with Crippen LogP contribution in [0.5, 0.6) is 0 Å². The van der Waals surface area contributed by atoms with E-state index in [2.05, 4.69) is 0 Å². The highest BCUT2D eigenvalue weighted by atomic mass is 35.5. The molecule has 0 aromatic heterocycles. The zero-order valence-corrected chi connectivity index (χ0v) is 14.2. The lowest BCUT2D eigenvalue weighted by molar-refractivity contribution is -0.131. The molecule has 0 saturated carbocycles. The Bertz CT molecular complexity index is 627. The Kier molecular flexibility index (Phi) is 5.69. The van der Waals surface area contributed by atoms with E-state index in [1.165, 1.54) is 4.31 Å². The molecular formula is C15H21ClN2O3S. The van der Waals surface area contributed by atoms with Gasteiger partial charge < -0.3 is 4.90 Å². The Morgan fingerprint density at radius 1 is 1.27 bits per heavy atom. The van der Waals surface area contributed by atoms with Crippen molar-refractivity contribution in [2.75, 3.05) is 30.2 Å². The van der Waals surface area contributed by atoms with Crippen LogP contribution >= 0.6 is 11.6 Å². The molecule has 1 fully saturated rings. The van der Waals surface area contributed by atoms with Crippen molar-refractivity contribution < 1.29 is 13.2 Å². The van der Waals surface area contributed by atoms with Gasteiger partial charge in [0.05, 0.1) is 11.9 Å². The van der Waals surface area contributed by atoms with Gasteiger partial charge in [-0.15, -0.1) is 0 Å². The molecule has 7 heteroatoms. The van der Waals surface area contributed by atoms with Crippen LogP contribution in [0.15, 0.2) is 24.3 Å². The number of amides is 1. The lowest BCUT2D eigenvalue weighted by atomic mass is 10.1. The maximum atomic E-state index is 12.2. The molecule has 0 aliphatic carbocycles. The van der Waals surface area contributed by atoms with E-state index in [1.807, 2.05) is 4.90 Å². The van der Waals surface area contributed by atoms with Crippen LogP contribution in [0.1, 0.15) is 25.7 Å². The summed E-state index contributed by atoms with van der Waals surface area (Å²) in [6.07, 6.45) is 4.52. The largest absolute Gasteiger partial charge is 0.343 e. The van der Waals surface area contributed by atoms with Gasteiger partial charge in [-0.2, -0.15) is 0 Å². The van der Waals surface area contributed by atoms with Crippen LogP contribution < -0.4 is 4.31 Å². The van der Waals surface area contributed by atoms with Crippen molar-refractivity contribution in [2.24, 2.45) is 0 Å². The highest BCUT2D eigenvalue weighted by Gasteiger charge is 2.21. The highest BCUT2D eigenvalue weighted by molar-refractivity contribution is 7.92. The van der Waals surface area contributed by atoms with Crippen molar-refractivity contribution in [3.05, 3.63) is 29.3 Å². The standard InChI is InChI=1S/C15H21ClN2O3S/c1-22(20,21)18(14-7-5-6-13(16)12-14)11-8-15(19)17-9-3-2-4-10-17/h5-7,12H,2-4,8-11H2,1H3. The third-order valence-electron chi connectivity index (χ3n) is 3.73. The lowest BCUT2D eigenvalue weighted by Crippen LogP contribution is -2.39.